The SMILES string of the molecule is CC(=O)c1cnc(Cl)n2ccnc12. The summed E-state index contributed by atoms with van der Waals surface area (Å²) >= 11 is 5.78. The van der Waals surface area contributed by atoms with E-state index in [1.807, 2.05) is 0 Å². The minimum Gasteiger partial charge on any atom is -0.294 e. The van der Waals surface area contributed by atoms with Gasteiger partial charge in [0.05, 0.1) is 5.56 Å². The fourth-order valence-corrected chi connectivity index (χ4v) is 1.32. The highest BCUT2D eigenvalue weighted by Gasteiger charge is 2.09. The van der Waals surface area contributed by atoms with E-state index in [0.717, 1.165) is 0 Å². The van der Waals surface area contributed by atoms with E-state index in [9.17, 15) is 4.79 Å². The topological polar surface area (TPSA) is 47.3 Å². The van der Waals surface area contributed by atoms with Gasteiger partial charge in [0, 0.05) is 18.6 Å². The van der Waals surface area contributed by atoms with Crippen LogP contribution in [0, 0.1) is 0 Å². The van der Waals surface area contributed by atoms with E-state index in [-0.39, 0.29) is 5.78 Å². The molecule has 0 fully saturated rings. The number of hydrogen-bond donors (Lipinski definition) is 0. The second kappa shape index (κ2) is 2.81. The predicted molar refractivity (Wildman–Crippen MR) is 48.0 cm³/mol. The average molecular weight is 196 g/mol. The molecule has 0 aliphatic carbocycles. The Balaban J connectivity index is 2.86. The highest BCUT2D eigenvalue weighted by Crippen LogP contribution is 2.13. The van der Waals surface area contributed by atoms with Gasteiger partial charge in [0.25, 0.3) is 0 Å². The molecule has 5 heteroatoms. The summed E-state index contributed by atoms with van der Waals surface area (Å²) in [5, 5.41) is 0.303. The van der Waals surface area contributed by atoms with Crippen LogP contribution in [-0.4, -0.2) is 20.2 Å². The molecule has 0 amide bonds. The van der Waals surface area contributed by atoms with Crippen LogP contribution in [0.2, 0.25) is 5.28 Å². The molecule has 0 atom stereocenters. The number of nitrogens with zero attached hydrogens (tertiary/aromatic N) is 3. The first-order valence-electron chi connectivity index (χ1n) is 3.68. The molecule has 0 aromatic carbocycles. The third-order valence-corrected chi connectivity index (χ3v) is 2.04. The first-order valence-corrected chi connectivity index (χ1v) is 4.06. The van der Waals surface area contributed by atoms with Gasteiger partial charge in [-0.2, -0.15) is 0 Å². The lowest BCUT2D eigenvalue weighted by molar-refractivity contribution is 0.101. The molecule has 2 aromatic heterocycles. The molecule has 0 saturated heterocycles. The van der Waals surface area contributed by atoms with Gasteiger partial charge >= 0.3 is 0 Å². The lowest BCUT2D eigenvalue weighted by Gasteiger charge is -1.99. The van der Waals surface area contributed by atoms with Gasteiger partial charge in [-0.05, 0) is 18.5 Å². The zero-order chi connectivity index (χ0) is 9.42. The van der Waals surface area contributed by atoms with E-state index in [2.05, 4.69) is 9.97 Å². The van der Waals surface area contributed by atoms with Gasteiger partial charge in [-0.3, -0.25) is 9.20 Å². The molecule has 66 valence electrons. The molecule has 0 spiro atoms. The number of aromatic nitrogens is 3. The van der Waals surface area contributed by atoms with E-state index in [0.29, 0.717) is 16.5 Å². The molecule has 0 unspecified atom stereocenters. The summed E-state index contributed by atoms with van der Waals surface area (Å²) in [7, 11) is 0. The number of halogens is 1. The summed E-state index contributed by atoms with van der Waals surface area (Å²) < 4.78 is 1.57. The standard InChI is InChI=1S/C8H6ClN3O/c1-5(13)6-4-11-8(9)12-3-2-10-7(6)12/h2-4H,1H3. The third-order valence-electron chi connectivity index (χ3n) is 1.76. The van der Waals surface area contributed by atoms with Crippen LogP contribution in [-0.2, 0) is 0 Å². The van der Waals surface area contributed by atoms with Crippen molar-refractivity contribution in [3.63, 3.8) is 0 Å². The Morgan fingerprint density at radius 3 is 3.00 bits per heavy atom. The van der Waals surface area contributed by atoms with Crippen molar-refractivity contribution in [1.82, 2.24) is 14.4 Å². The summed E-state index contributed by atoms with van der Waals surface area (Å²) in [4.78, 5) is 19.0. The van der Waals surface area contributed by atoms with Crippen molar-refractivity contribution < 1.29 is 4.79 Å². The van der Waals surface area contributed by atoms with E-state index in [1.165, 1.54) is 13.1 Å². The molecule has 13 heavy (non-hydrogen) atoms. The number of fused-ring (bicyclic) bond motifs is 1. The number of carbonyl (C=O) groups excluding carboxylic acids is 1. The largest absolute Gasteiger partial charge is 0.294 e. The molecular formula is C8H6ClN3O. The fourth-order valence-electron chi connectivity index (χ4n) is 1.14. The summed E-state index contributed by atoms with van der Waals surface area (Å²) in [6.07, 6.45) is 4.68. The van der Waals surface area contributed by atoms with Crippen molar-refractivity contribution >= 4 is 23.0 Å². The number of imidazole rings is 1. The van der Waals surface area contributed by atoms with E-state index in [1.54, 1.807) is 16.8 Å². The second-order valence-corrected chi connectivity index (χ2v) is 2.96. The first kappa shape index (κ1) is 8.19. The predicted octanol–water partition coefficient (Wildman–Crippen LogP) is 1.59. The van der Waals surface area contributed by atoms with Gasteiger partial charge in [0.2, 0.25) is 5.28 Å². The summed E-state index contributed by atoms with van der Waals surface area (Å²) in [6.45, 7) is 1.47. The summed E-state index contributed by atoms with van der Waals surface area (Å²) in [5.74, 6) is -0.0691. The zero-order valence-electron chi connectivity index (χ0n) is 6.86. The minimum absolute atomic E-state index is 0.0691. The average Bonchev–Trinajstić information content (AvgIpc) is 2.53. The van der Waals surface area contributed by atoms with Crippen LogP contribution >= 0.6 is 11.6 Å². The highest BCUT2D eigenvalue weighted by atomic mass is 35.5. The maximum Gasteiger partial charge on any atom is 0.208 e. The molecule has 0 radical (unpaired) electrons. The molecule has 0 N–H and O–H groups in total. The van der Waals surface area contributed by atoms with Crippen LogP contribution in [0.1, 0.15) is 17.3 Å². The number of Topliss-reactive ketones (excluding diaryl/α,β-unsaturated/α-hetero) is 1. The first-order chi connectivity index (χ1) is 6.20. The molecule has 0 aliphatic rings. The molecule has 0 saturated carbocycles. The van der Waals surface area contributed by atoms with E-state index >= 15 is 0 Å². The Bertz CT molecular complexity index is 477. The van der Waals surface area contributed by atoms with Crippen molar-refractivity contribution in [1.29, 1.82) is 0 Å². The monoisotopic (exact) mass is 195 g/mol. The zero-order valence-corrected chi connectivity index (χ0v) is 7.62. The van der Waals surface area contributed by atoms with Crippen LogP contribution in [0.25, 0.3) is 5.65 Å². The summed E-state index contributed by atoms with van der Waals surface area (Å²) in [6, 6.07) is 0. The van der Waals surface area contributed by atoms with Crippen molar-refractivity contribution in [2.24, 2.45) is 0 Å². The van der Waals surface area contributed by atoms with Crippen LogP contribution in [0.5, 0.6) is 0 Å². The molecule has 2 rings (SSSR count). The normalized spacial score (nSPS) is 10.6. The molecule has 0 bridgehead atoms. The maximum atomic E-state index is 11.1. The van der Waals surface area contributed by atoms with Crippen LogP contribution < -0.4 is 0 Å². The molecule has 4 nitrogen and oxygen atoms in total. The Kier molecular flexibility index (Phi) is 1.77. The maximum absolute atomic E-state index is 11.1. The Hall–Kier alpha value is -1.42. The van der Waals surface area contributed by atoms with Crippen molar-refractivity contribution in [2.75, 3.05) is 0 Å². The number of ketones is 1. The smallest absolute Gasteiger partial charge is 0.208 e. The Morgan fingerprint density at radius 2 is 2.31 bits per heavy atom. The molecule has 2 heterocycles. The van der Waals surface area contributed by atoms with Gasteiger partial charge in [-0.15, -0.1) is 0 Å². The molecule has 2 aromatic rings. The third kappa shape index (κ3) is 1.19. The van der Waals surface area contributed by atoms with Crippen LogP contribution in [0.3, 0.4) is 0 Å². The van der Waals surface area contributed by atoms with Gasteiger partial charge in [0.1, 0.15) is 0 Å². The number of hydrogen-bond acceptors (Lipinski definition) is 3. The number of rotatable bonds is 1. The van der Waals surface area contributed by atoms with Gasteiger partial charge in [-0.1, -0.05) is 0 Å². The second-order valence-electron chi connectivity index (χ2n) is 2.62. The molecular weight excluding hydrogens is 190 g/mol. The van der Waals surface area contributed by atoms with Gasteiger partial charge in [0.15, 0.2) is 11.4 Å². The number of carbonyl (C=O) groups is 1. The Labute approximate surface area is 79.2 Å². The van der Waals surface area contributed by atoms with Crippen LogP contribution in [0.15, 0.2) is 18.6 Å². The van der Waals surface area contributed by atoms with E-state index in [4.69, 9.17) is 11.6 Å². The Morgan fingerprint density at radius 1 is 1.54 bits per heavy atom. The summed E-state index contributed by atoms with van der Waals surface area (Å²) in [5.41, 5.74) is 1.03. The minimum atomic E-state index is -0.0691. The van der Waals surface area contributed by atoms with Crippen molar-refractivity contribution in [3.05, 3.63) is 29.4 Å². The fraction of sp³-hybridized carbons (Fsp3) is 0.125. The highest BCUT2D eigenvalue weighted by molar-refractivity contribution is 6.28. The van der Waals surface area contributed by atoms with Gasteiger partial charge in [-0.25, -0.2) is 9.97 Å². The molecule has 0 aliphatic heterocycles. The van der Waals surface area contributed by atoms with Crippen molar-refractivity contribution in [3.8, 4) is 0 Å². The quantitative estimate of drug-likeness (QED) is 0.513. The van der Waals surface area contributed by atoms with Crippen LogP contribution in [0.4, 0.5) is 0 Å². The van der Waals surface area contributed by atoms with Crippen molar-refractivity contribution in [2.45, 2.75) is 6.92 Å². The lowest BCUT2D eigenvalue weighted by Crippen LogP contribution is -2.00. The van der Waals surface area contributed by atoms with Gasteiger partial charge < -0.3 is 0 Å². The lowest BCUT2D eigenvalue weighted by atomic mass is 10.2. The van der Waals surface area contributed by atoms with E-state index < -0.39 is 0 Å².